The van der Waals surface area contributed by atoms with Crippen LogP contribution >= 0.6 is 0 Å². The van der Waals surface area contributed by atoms with Crippen molar-refractivity contribution in [1.29, 1.82) is 0 Å². The highest BCUT2D eigenvalue weighted by Crippen LogP contribution is 2.17. The summed E-state index contributed by atoms with van der Waals surface area (Å²) in [5.41, 5.74) is 1.79. The van der Waals surface area contributed by atoms with E-state index in [2.05, 4.69) is 25.2 Å². The molecule has 9 heteroatoms. The van der Waals surface area contributed by atoms with E-state index in [-0.39, 0.29) is 5.82 Å². The molecule has 1 saturated heterocycles. The first kappa shape index (κ1) is 23.2. The summed E-state index contributed by atoms with van der Waals surface area (Å²) in [6.45, 7) is 4.69. The molecule has 170 valence electrons. The summed E-state index contributed by atoms with van der Waals surface area (Å²) in [6.07, 6.45) is 0.726. The number of hydrogen-bond donors (Lipinski definition) is 2. The number of rotatable bonds is 7. The van der Waals surface area contributed by atoms with Crippen LogP contribution in [0.4, 0.5) is 15.8 Å². The standard InChI is InChI=1S/C23H27FN4O4/c1-32-23(31)17-3-7-19(8-4-17)26-22(30)21(29)25-11-2-12-27-13-15-28(16-14-27)20-9-5-18(24)6-10-20/h3-10H,2,11-16H2,1H3,(H,25,29)(H,26,30). The van der Waals surface area contributed by atoms with E-state index in [4.69, 9.17) is 0 Å². The average Bonchev–Trinajstić information content (AvgIpc) is 2.82. The fourth-order valence-corrected chi connectivity index (χ4v) is 3.46. The predicted octanol–water partition coefficient (Wildman–Crippen LogP) is 1.88. The molecule has 0 aromatic heterocycles. The van der Waals surface area contributed by atoms with Crippen LogP contribution in [0, 0.1) is 5.82 Å². The summed E-state index contributed by atoms with van der Waals surface area (Å²) in [4.78, 5) is 40.0. The van der Waals surface area contributed by atoms with Crippen molar-refractivity contribution in [3.63, 3.8) is 0 Å². The first-order chi connectivity index (χ1) is 15.5. The minimum atomic E-state index is -0.760. The number of ether oxygens (including phenoxy) is 1. The second-order valence-electron chi connectivity index (χ2n) is 7.44. The van der Waals surface area contributed by atoms with Gasteiger partial charge in [-0.1, -0.05) is 0 Å². The van der Waals surface area contributed by atoms with Crippen LogP contribution in [0.15, 0.2) is 48.5 Å². The zero-order valence-corrected chi connectivity index (χ0v) is 18.0. The maximum absolute atomic E-state index is 13.1. The Hall–Kier alpha value is -3.46. The maximum Gasteiger partial charge on any atom is 0.337 e. The highest BCUT2D eigenvalue weighted by atomic mass is 19.1. The van der Waals surface area contributed by atoms with Crippen molar-refractivity contribution >= 4 is 29.2 Å². The predicted molar refractivity (Wildman–Crippen MR) is 119 cm³/mol. The van der Waals surface area contributed by atoms with Crippen LogP contribution < -0.4 is 15.5 Å². The van der Waals surface area contributed by atoms with E-state index in [1.807, 2.05) is 0 Å². The lowest BCUT2D eigenvalue weighted by Crippen LogP contribution is -2.47. The van der Waals surface area contributed by atoms with E-state index in [9.17, 15) is 18.8 Å². The SMILES string of the molecule is COC(=O)c1ccc(NC(=O)C(=O)NCCCN2CCN(c3ccc(F)cc3)CC2)cc1. The van der Waals surface area contributed by atoms with Crippen molar-refractivity contribution in [1.82, 2.24) is 10.2 Å². The number of benzene rings is 2. The van der Waals surface area contributed by atoms with Crippen molar-refractivity contribution < 1.29 is 23.5 Å². The van der Waals surface area contributed by atoms with Crippen LogP contribution in [-0.2, 0) is 14.3 Å². The lowest BCUT2D eigenvalue weighted by Gasteiger charge is -2.36. The molecular formula is C23H27FN4O4. The Balaban J connectivity index is 1.32. The maximum atomic E-state index is 13.1. The van der Waals surface area contributed by atoms with Crippen LogP contribution in [0.25, 0.3) is 0 Å². The minimum absolute atomic E-state index is 0.236. The van der Waals surface area contributed by atoms with Gasteiger partial charge in [-0.15, -0.1) is 0 Å². The highest BCUT2D eigenvalue weighted by molar-refractivity contribution is 6.39. The Morgan fingerprint density at radius 2 is 1.59 bits per heavy atom. The summed E-state index contributed by atoms with van der Waals surface area (Å²) in [7, 11) is 1.29. The molecule has 0 aliphatic carbocycles. The fraction of sp³-hybridized carbons (Fsp3) is 0.348. The van der Waals surface area contributed by atoms with Gasteiger partial charge in [0.2, 0.25) is 0 Å². The van der Waals surface area contributed by atoms with Gasteiger partial charge in [0.1, 0.15) is 5.82 Å². The lowest BCUT2D eigenvalue weighted by molar-refractivity contribution is -0.136. The van der Waals surface area contributed by atoms with Gasteiger partial charge >= 0.3 is 17.8 Å². The quantitative estimate of drug-likeness (QED) is 0.387. The number of nitrogens with zero attached hydrogens (tertiary/aromatic N) is 2. The number of esters is 1. The van der Waals surface area contributed by atoms with Crippen molar-refractivity contribution in [2.75, 3.05) is 56.6 Å². The molecule has 0 unspecified atom stereocenters. The van der Waals surface area contributed by atoms with Gasteiger partial charge in [-0.25, -0.2) is 9.18 Å². The number of carbonyl (C=O) groups excluding carboxylic acids is 3. The fourth-order valence-electron chi connectivity index (χ4n) is 3.46. The van der Waals surface area contributed by atoms with Gasteiger partial charge < -0.3 is 20.3 Å². The molecular weight excluding hydrogens is 415 g/mol. The van der Waals surface area contributed by atoms with Crippen LogP contribution in [0.1, 0.15) is 16.8 Å². The Labute approximate surface area is 186 Å². The molecule has 1 aliphatic heterocycles. The molecule has 32 heavy (non-hydrogen) atoms. The number of nitrogens with one attached hydrogen (secondary N) is 2. The Morgan fingerprint density at radius 1 is 0.938 bits per heavy atom. The van der Waals surface area contributed by atoms with Crippen molar-refractivity contribution in [2.24, 2.45) is 0 Å². The monoisotopic (exact) mass is 442 g/mol. The molecule has 0 saturated carbocycles. The largest absolute Gasteiger partial charge is 0.465 e. The van der Waals surface area contributed by atoms with E-state index < -0.39 is 17.8 Å². The smallest absolute Gasteiger partial charge is 0.337 e. The number of hydrogen-bond acceptors (Lipinski definition) is 6. The first-order valence-electron chi connectivity index (χ1n) is 10.5. The Bertz CT molecular complexity index is 926. The molecule has 0 spiro atoms. The van der Waals surface area contributed by atoms with Gasteiger partial charge in [0.15, 0.2) is 0 Å². The van der Waals surface area contributed by atoms with Crippen molar-refractivity contribution in [2.45, 2.75) is 6.42 Å². The molecule has 2 aromatic rings. The van der Waals surface area contributed by atoms with E-state index in [0.29, 0.717) is 17.8 Å². The average molecular weight is 442 g/mol. The number of halogens is 1. The van der Waals surface area contributed by atoms with E-state index in [1.54, 1.807) is 12.1 Å². The summed E-state index contributed by atoms with van der Waals surface area (Å²) >= 11 is 0. The van der Waals surface area contributed by atoms with Gasteiger partial charge in [0, 0.05) is 44.1 Å². The van der Waals surface area contributed by atoms with Gasteiger partial charge in [-0.3, -0.25) is 14.5 Å². The third-order valence-corrected chi connectivity index (χ3v) is 5.27. The van der Waals surface area contributed by atoms with Crippen molar-refractivity contribution in [3.05, 3.63) is 59.9 Å². The molecule has 2 N–H and O–H groups in total. The molecule has 0 radical (unpaired) electrons. The van der Waals surface area contributed by atoms with Gasteiger partial charge in [0.25, 0.3) is 0 Å². The molecule has 2 aromatic carbocycles. The number of methoxy groups -OCH3 is 1. The number of anilines is 2. The molecule has 1 fully saturated rings. The van der Waals surface area contributed by atoms with Crippen molar-refractivity contribution in [3.8, 4) is 0 Å². The van der Waals surface area contributed by atoms with E-state index in [1.165, 1.54) is 43.5 Å². The number of piperazine rings is 1. The molecule has 3 rings (SSSR count). The molecule has 0 bridgehead atoms. The topological polar surface area (TPSA) is 91.0 Å². The minimum Gasteiger partial charge on any atom is -0.465 e. The van der Waals surface area contributed by atoms with Crippen LogP contribution in [0.2, 0.25) is 0 Å². The van der Waals surface area contributed by atoms with Crippen LogP contribution in [0.3, 0.4) is 0 Å². The molecule has 8 nitrogen and oxygen atoms in total. The Morgan fingerprint density at radius 3 is 2.22 bits per heavy atom. The third-order valence-electron chi connectivity index (χ3n) is 5.27. The van der Waals surface area contributed by atoms with E-state index in [0.717, 1.165) is 44.8 Å². The Kier molecular flexibility index (Phi) is 8.15. The first-order valence-corrected chi connectivity index (χ1v) is 10.5. The van der Waals surface area contributed by atoms with Gasteiger partial charge in [0.05, 0.1) is 12.7 Å². The van der Waals surface area contributed by atoms with Gasteiger partial charge in [-0.2, -0.15) is 0 Å². The molecule has 2 amide bonds. The van der Waals surface area contributed by atoms with Gasteiger partial charge in [-0.05, 0) is 61.5 Å². The number of carbonyl (C=O) groups is 3. The molecule has 0 atom stereocenters. The van der Waals surface area contributed by atoms with Crippen LogP contribution in [-0.4, -0.2) is 69.1 Å². The van der Waals surface area contributed by atoms with E-state index >= 15 is 0 Å². The summed E-state index contributed by atoms with van der Waals surface area (Å²) in [6, 6.07) is 12.6. The summed E-state index contributed by atoms with van der Waals surface area (Å²) < 4.78 is 17.7. The second-order valence-corrected chi connectivity index (χ2v) is 7.44. The molecule has 1 aliphatic rings. The summed E-state index contributed by atoms with van der Waals surface area (Å²) in [5.74, 6) is -2.18. The molecule has 1 heterocycles. The number of amides is 2. The zero-order chi connectivity index (χ0) is 22.9. The second kappa shape index (κ2) is 11.2. The van der Waals surface area contributed by atoms with Crippen LogP contribution in [0.5, 0.6) is 0 Å². The third kappa shape index (κ3) is 6.52. The highest BCUT2D eigenvalue weighted by Gasteiger charge is 2.18. The lowest BCUT2D eigenvalue weighted by atomic mass is 10.2. The zero-order valence-electron chi connectivity index (χ0n) is 18.0. The normalized spacial score (nSPS) is 14.0. The summed E-state index contributed by atoms with van der Waals surface area (Å²) in [5, 5.41) is 5.12.